The molecule has 3 aromatic heterocycles. The molecule has 0 fully saturated rings. The van der Waals surface area contributed by atoms with E-state index in [1.165, 1.54) is 12.4 Å². The highest BCUT2D eigenvalue weighted by molar-refractivity contribution is 5.62. The van der Waals surface area contributed by atoms with E-state index in [-0.39, 0.29) is 11.7 Å². The van der Waals surface area contributed by atoms with Gasteiger partial charge in [0.15, 0.2) is 17.3 Å². The zero-order valence-corrected chi connectivity index (χ0v) is 9.48. The van der Waals surface area contributed by atoms with Gasteiger partial charge in [-0.15, -0.1) is 0 Å². The summed E-state index contributed by atoms with van der Waals surface area (Å²) in [7, 11) is 1.84. The lowest BCUT2D eigenvalue weighted by atomic mass is 10.4. The number of rotatable bonds is 2. The van der Waals surface area contributed by atoms with Crippen LogP contribution in [0.3, 0.4) is 0 Å². The van der Waals surface area contributed by atoms with Crippen LogP contribution in [0.25, 0.3) is 23.2 Å². The van der Waals surface area contributed by atoms with Crippen LogP contribution in [0.15, 0.2) is 29.3 Å². The average molecular weight is 243 g/mol. The maximum Gasteiger partial charge on any atom is 0.280 e. The van der Waals surface area contributed by atoms with E-state index < -0.39 is 0 Å². The topological polar surface area (TPSA) is 109 Å². The second-order valence-electron chi connectivity index (χ2n) is 3.58. The van der Waals surface area contributed by atoms with Gasteiger partial charge in [0, 0.05) is 31.8 Å². The maximum absolute atomic E-state index is 5.69. The monoisotopic (exact) mass is 243 g/mol. The van der Waals surface area contributed by atoms with E-state index in [1.807, 2.05) is 7.05 Å². The fourth-order valence-corrected chi connectivity index (χ4v) is 1.51. The van der Waals surface area contributed by atoms with Crippen LogP contribution in [-0.4, -0.2) is 29.7 Å². The quantitative estimate of drug-likeness (QED) is 0.698. The van der Waals surface area contributed by atoms with Gasteiger partial charge in [0.05, 0.1) is 0 Å². The first-order valence-electron chi connectivity index (χ1n) is 5.14. The fourth-order valence-electron chi connectivity index (χ4n) is 1.51. The molecule has 3 heterocycles. The van der Waals surface area contributed by atoms with E-state index in [9.17, 15) is 0 Å². The number of anilines is 1. The van der Waals surface area contributed by atoms with E-state index in [0.717, 1.165) is 0 Å². The van der Waals surface area contributed by atoms with Crippen molar-refractivity contribution in [3.63, 3.8) is 0 Å². The number of nitrogens with two attached hydrogens (primary N) is 1. The Bertz CT molecular complexity index is 687. The Morgan fingerprint density at radius 1 is 1.17 bits per heavy atom. The predicted octanol–water partition coefficient (Wildman–Crippen LogP) is 0.509. The van der Waals surface area contributed by atoms with Crippen LogP contribution in [0.1, 0.15) is 0 Å². The molecule has 2 N–H and O–H groups in total. The first-order chi connectivity index (χ1) is 8.75. The van der Waals surface area contributed by atoms with Crippen molar-refractivity contribution in [2.75, 3.05) is 5.73 Å². The zero-order valence-electron chi connectivity index (χ0n) is 9.48. The van der Waals surface area contributed by atoms with Crippen molar-refractivity contribution in [1.82, 2.24) is 29.7 Å². The number of hydrogen-bond donors (Lipinski definition) is 1. The van der Waals surface area contributed by atoms with E-state index in [1.54, 1.807) is 17.0 Å². The smallest absolute Gasteiger partial charge is 0.280 e. The van der Waals surface area contributed by atoms with Gasteiger partial charge in [0.25, 0.3) is 5.89 Å². The van der Waals surface area contributed by atoms with Crippen molar-refractivity contribution in [2.24, 2.45) is 7.05 Å². The van der Waals surface area contributed by atoms with Crippen molar-refractivity contribution in [1.29, 1.82) is 0 Å². The summed E-state index contributed by atoms with van der Waals surface area (Å²) in [6.45, 7) is 0. The van der Waals surface area contributed by atoms with E-state index >= 15 is 0 Å². The summed E-state index contributed by atoms with van der Waals surface area (Å²) < 4.78 is 6.90. The van der Waals surface area contributed by atoms with Gasteiger partial charge in [-0.3, -0.25) is 0 Å². The number of nitrogens with zero attached hydrogens (tertiary/aromatic N) is 6. The minimum atomic E-state index is 0.221. The van der Waals surface area contributed by atoms with Crippen LogP contribution < -0.4 is 5.73 Å². The van der Waals surface area contributed by atoms with E-state index in [2.05, 4.69) is 25.1 Å². The van der Waals surface area contributed by atoms with Gasteiger partial charge in [-0.25, -0.2) is 15.0 Å². The number of hydrogen-bond acceptors (Lipinski definition) is 7. The second-order valence-corrected chi connectivity index (χ2v) is 3.58. The van der Waals surface area contributed by atoms with Gasteiger partial charge in [-0.05, 0) is 0 Å². The lowest BCUT2D eigenvalue weighted by Gasteiger charge is -1.95. The van der Waals surface area contributed by atoms with Crippen molar-refractivity contribution < 1.29 is 4.52 Å². The predicted molar refractivity (Wildman–Crippen MR) is 61.9 cm³/mol. The molecule has 18 heavy (non-hydrogen) atoms. The van der Waals surface area contributed by atoms with E-state index in [4.69, 9.17) is 10.3 Å². The molecule has 0 unspecified atom stereocenters. The summed E-state index contributed by atoms with van der Waals surface area (Å²) in [4.78, 5) is 16.3. The normalized spacial score (nSPS) is 10.7. The Balaban J connectivity index is 2.05. The molecular formula is C10H9N7O. The van der Waals surface area contributed by atoms with Crippen LogP contribution >= 0.6 is 0 Å². The minimum absolute atomic E-state index is 0.221. The summed E-state index contributed by atoms with van der Waals surface area (Å²) in [6, 6.07) is 0. The minimum Gasteiger partial charge on any atom is -0.382 e. The third kappa shape index (κ3) is 1.59. The SMILES string of the molecule is Cn1ccnc1-c1noc(-c2nccnc2N)n1. The van der Waals surface area contributed by atoms with Crippen molar-refractivity contribution >= 4 is 5.82 Å². The number of aromatic nitrogens is 6. The van der Waals surface area contributed by atoms with Gasteiger partial charge in [-0.2, -0.15) is 4.98 Å². The molecule has 0 saturated carbocycles. The van der Waals surface area contributed by atoms with Crippen LogP contribution in [0.5, 0.6) is 0 Å². The molecule has 0 bridgehead atoms. The Hall–Kier alpha value is -2.77. The third-order valence-corrected chi connectivity index (χ3v) is 2.38. The van der Waals surface area contributed by atoms with Crippen LogP contribution in [0.4, 0.5) is 5.82 Å². The molecule has 0 aromatic carbocycles. The Morgan fingerprint density at radius 3 is 2.72 bits per heavy atom. The highest BCUT2D eigenvalue weighted by atomic mass is 16.5. The average Bonchev–Trinajstić information content (AvgIpc) is 2.98. The fraction of sp³-hybridized carbons (Fsp3) is 0.100. The zero-order chi connectivity index (χ0) is 12.5. The highest BCUT2D eigenvalue weighted by Crippen LogP contribution is 2.21. The summed E-state index contributed by atoms with van der Waals surface area (Å²) in [5, 5.41) is 3.84. The van der Waals surface area contributed by atoms with Crippen molar-refractivity contribution in [3.05, 3.63) is 24.8 Å². The summed E-state index contributed by atoms with van der Waals surface area (Å²) in [5.41, 5.74) is 6.05. The molecule has 0 aliphatic rings. The maximum atomic E-state index is 5.69. The molecule has 0 amide bonds. The van der Waals surface area contributed by atoms with Crippen LogP contribution in [0, 0.1) is 0 Å². The van der Waals surface area contributed by atoms with Crippen molar-refractivity contribution in [2.45, 2.75) is 0 Å². The molecule has 3 rings (SSSR count). The Labute approximate surface area is 102 Å². The first kappa shape index (κ1) is 10.4. The van der Waals surface area contributed by atoms with Gasteiger partial charge in [-0.1, -0.05) is 5.16 Å². The number of imidazole rings is 1. The molecule has 0 aliphatic carbocycles. The standard InChI is InChI=1S/C10H9N7O/c1-17-5-4-14-9(17)8-15-10(18-16-8)6-7(11)13-3-2-12-6/h2-5H,1H3,(H2,11,13). The molecule has 0 atom stereocenters. The summed E-state index contributed by atoms with van der Waals surface area (Å²) in [6.07, 6.45) is 6.45. The van der Waals surface area contributed by atoms with Crippen LogP contribution in [-0.2, 0) is 7.05 Å². The molecule has 0 aliphatic heterocycles. The van der Waals surface area contributed by atoms with Gasteiger partial charge >= 0.3 is 0 Å². The lowest BCUT2D eigenvalue weighted by Crippen LogP contribution is -1.96. The Kier molecular flexibility index (Phi) is 2.26. The highest BCUT2D eigenvalue weighted by Gasteiger charge is 2.16. The van der Waals surface area contributed by atoms with Crippen molar-refractivity contribution in [3.8, 4) is 23.2 Å². The molecule has 0 saturated heterocycles. The second kappa shape index (κ2) is 3.91. The third-order valence-electron chi connectivity index (χ3n) is 2.38. The molecule has 8 nitrogen and oxygen atoms in total. The van der Waals surface area contributed by atoms with Gasteiger partial charge in [0.2, 0.25) is 5.82 Å². The van der Waals surface area contributed by atoms with E-state index in [0.29, 0.717) is 17.3 Å². The largest absolute Gasteiger partial charge is 0.382 e. The molecular weight excluding hydrogens is 234 g/mol. The molecule has 0 radical (unpaired) electrons. The molecule has 3 aromatic rings. The van der Waals surface area contributed by atoms with Crippen LogP contribution in [0.2, 0.25) is 0 Å². The lowest BCUT2D eigenvalue weighted by molar-refractivity contribution is 0.430. The van der Waals surface area contributed by atoms with Gasteiger partial charge < -0.3 is 14.8 Å². The Morgan fingerprint density at radius 2 is 2.00 bits per heavy atom. The number of aryl methyl sites for hydroxylation is 1. The first-order valence-corrected chi connectivity index (χ1v) is 5.14. The molecule has 0 spiro atoms. The molecule has 8 heteroatoms. The number of nitrogen functional groups attached to an aromatic ring is 1. The molecule has 90 valence electrons. The van der Waals surface area contributed by atoms with Gasteiger partial charge in [0.1, 0.15) is 0 Å². The summed E-state index contributed by atoms with van der Waals surface area (Å²) in [5.74, 6) is 1.45. The summed E-state index contributed by atoms with van der Waals surface area (Å²) >= 11 is 0.